The van der Waals surface area contributed by atoms with E-state index in [-0.39, 0.29) is 23.1 Å². The number of aliphatic imine (C=N–C) groups is 1. The molecule has 0 fully saturated rings. The van der Waals surface area contributed by atoms with Gasteiger partial charge in [-0.1, -0.05) is 30.3 Å². The van der Waals surface area contributed by atoms with Gasteiger partial charge in [0.2, 0.25) is 0 Å². The first kappa shape index (κ1) is 17.1. The fourth-order valence-electron chi connectivity index (χ4n) is 2.68. The lowest BCUT2D eigenvalue weighted by atomic mass is 10.1. The van der Waals surface area contributed by atoms with E-state index in [2.05, 4.69) is 19.9 Å². The van der Waals surface area contributed by atoms with Crippen LogP contribution in [-0.4, -0.2) is 32.1 Å². The molecular weight excluding hydrogens is 360 g/mol. The number of carbonyl (C=O) groups excluding carboxylic acids is 1. The molecule has 0 spiro atoms. The summed E-state index contributed by atoms with van der Waals surface area (Å²) < 4.78 is 0. The summed E-state index contributed by atoms with van der Waals surface area (Å²) in [6.07, 6.45) is 3.04. The van der Waals surface area contributed by atoms with Gasteiger partial charge in [-0.05, 0) is 36.9 Å². The van der Waals surface area contributed by atoms with Gasteiger partial charge in [0, 0.05) is 29.2 Å². The number of aliphatic hydroxyl groups excluding tert-OH is 1. The number of rotatable bonds is 4. The average Bonchev–Trinajstić information content (AvgIpc) is 2.91. The maximum atomic E-state index is 12.4. The van der Waals surface area contributed by atoms with Crippen LogP contribution in [-0.2, 0) is 0 Å². The molecule has 0 amide bonds. The molecule has 132 valence electrons. The maximum Gasteiger partial charge on any atom is 0.250 e. The van der Waals surface area contributed by atoms with Crippen LogP contribution in [0.5, 0.6) is 0 Å². The molecule has 0 saturated carbocycles. The molecule has 0 unspecified atom stereocenters. The van der Waals surface area contributed by atoms with Crippen molar-refractivity contribution in [1.82, 2.24) is 15.0 Å². The number of benzene rings is 1. The molecule has 0 atom stereocenters. The van der Waals surface area contributed by atoms with Crippen LogP contribution in [0.3, 0.4) is 0 Å². The predicted molar refractivity (Wildman–Crippen MR) is 104 cm³/mol. The first-order valence-corrected chi connectivity index (χ1v) is 8.99. The van der Waals surface area contributed by atoms with Gasteiger partial charge in [0.1, 0.15) is 15.8 Å². The van der Waals surface area contributed by atoms with Crippen molar-refractivity contribution >= 4 is 35.5 Å². The Morgan fingerprint density at radius 1 is 1.04 bits per heavy atom. The highest BCUT2D eigenvalue weighted by molar-refractivity contribution is 7.99. The van der Waals surface area contributed by atoms with Crippen molar-refractivity contribution in [3.8, 4) is 0 Å². The van der Waals surface area contributed by atoms with Crippen molar-refractivity contribution in [2.75, 3.05) is 0 Å². The molecule has 1 aliphatic rings. The maximum absolute atomic E-state index is 12.4. The van der Waals surface area contributed by atoms with Gasteiger partial charge in [-0.3, -0.25) is 4.79 Å². The molecule has 1 N–H and O–H groups in total. The van der Waals surface area contributed by atoms with Gasteiger partial charge in [0.25, 0.3) is 5.95 Å². The molecule has 1 aliphatic carbocycles. The number of nitrogens with zero attached hydrogens (tertiary/aromatic N) is 4. The van der Waals surface area contributed by atoms with Crippen LogP contribution in [0.15, 0.2) is 75.3 Å². The summed E-state index contributed by atoms with van der Waals surface area (Å²) in [6, 6.07) is 14.4. The number of carbonyl (C=O) groups is 1. The lowest BCUT2D eigenvalue weighted by Gasteiger charge is -2.02. The second-order valence-electron chi connectivity index (χ2n) is 5.81. The predicted octanol–water partition coefficient (Wildman–Crippen LogP) is 4.20. The number of ketones is 1. The zero-order valence-corrected chi connectivity index (χ0v) is 15.1. The highest BCUT2D eigenvalue weighted by atomic mass is 32.2. The van der Waals surface area contributed by atoms with Crippen molar-refractivity contribution < 1.29 is 9.90 Å². The van der Waals surface area contributed by atoms with Gasteiger partial charge in [-0.25, -0.2) is 19.9 Å². The minimum atomic E-state index is -0.261. The summed E-state index contributed by atoms with van der Waals surface area (Å²) in [4.78, 5) is 29.6. The molecule has 0 aliphatic heterocycles. The van der Waals surface area contributed by atoms with Gasteiger partial charge in [0.05, 0.1) is 5.57 Å². The number of fused-ring (bicyclic) bond motifs is 1. The fraction of sp³-hybridized carbons (Fsp3) is 0.0500. The van der Waals surface area contributed by atoms with Crippen LogP contribution in [0.4, 0.5) is 5.95 Å². The molecule has 2 heterocycles. The standard InChI is InChI=1S/C20H14N4O2S/c1-12-10-17(27-16-8-4-5-9-21-16)24-20(23-12)22-11-15-18(25)13-6-2-3-7-14(13)19(15)26/h2-11,25H,1H3. The van der Waals surface area contributed by atoms with Gasteiger partial charge in [0.15, 0.2) is 5.78 Å². The molecular formula is C20H14N4O2S. The average molecular weight is 374 g/mol. The van der Waals surface area contributed by atoms with E-state index in [1.807, 2.05) is 31.2 Å². The molecule has 6 nitrogen and oxygen atoms in total. The highest BCUT2D eigenvalue weighted by Gasteiger charge is 2.28. The monoisotopic (exact) mass is 374 g/mol. The highest BCUT2D eigenvalue weighted by Crippen LogP contribution is 2.30. The number of hydrogen-bond donors (Lipinski definition) is 1. The van der Waals surface area contributed by atoms with Gasteiger partial charge in [-0.2, -0.15) is 0 Å². The van der Waals surface area contributed by atoms with Gasteiger partial charge >= 0.3 is 0 Å². The van der Waals surface area contributed by atoms with Crippen LogP contribution in [0.1, 0.15) is 21.6 Å². The van der Waals surface area contributed by atoms with Crippen molar-refractivity contribution in [2.45, 2.75) is 17.0 Å². The van der Waals surface area contributed by atoms with Crippen LogP contribution < -0.4 is 0 Å². The quantitative estimate of drug-likeness (QED) is 0.544. The summed E-state index contributed by atoms with van der Waals surface area (Å²) in [5.41, 5.74) is 1.86. The molecule has 0 saturated heterocycles. The SMILES string of the molecule is Cc1cc(Sc2ccccn2)nc(N=CC2=C(O)c3ccccc3C2=O)n1. The van der Waals surface area contributed by atoms with E-state index in [0.29, 0.717) is 16.2 Å². The molecule has 2 aromatic heterocycles. The molecule has 7 heteroatoms. The Kier molecular flexibility index (Phi) is 4.52. The Morgan fingerprint density at radius 3 is 2.56 bits per heavy atom. The first-order valence-electron chi connectivity index (χ1n) is 8.18. The Hall–Kier alpha value is -3.32. The van der Waals surface area contributed by atoms with E-state index in [0.717, 1.165) is 10.7 Å². The normalized spacial score (nSPS) is 13.4. The van der Waals surface area contributed by atoms with E-state index in [4.69, 9.17) is 0 Å². The second kappa shape index (κ2) is 7.13. The van der Waals surface area contributed by atoms with E-state index < -0.39 is 0 Å². The Labute approximate surface area is 159 Å². The molecule has 4 rings (SSSR count). The van der Waals surface area contributed by atoms with E-state index in [1.165, 1.54) is 18.0 Å². The minimum absolute atomic E-state index is 0.0740. The van der Waals surface area contributed by atoms with Crippen LogP contribution in [0.25, 0.3) is 5.76 Å². The Balaban J connectivity index is 1.62. The number of aryl methyl sites for hydroxylation is 1. The van der Waals surface area contributed by atoms with Crippen molar-refractivity contribution in [2.24, 2.45) is 4.99 Å². The smallest absolute Gasteiger partial charge is 0.250 e. The number of aromatic nitrogens is 3. The number of hydrogen-bond acceptors (Lipinski definition) is 7. The number of aliphatic hydroxyl groups is 1. The van der Waals surface area contributed by atoms with E-state index in [1.54, 1.807) is 30.5 Å². The number of allylic oxidation sites excluding steroid dienone is 1. The summed E-state index contributed by atoms with van der Waals surface area (Å²) in [6.45, 7) is 1.84. The Bertz CT molecular complexity index is 1090. The third-order valence-electron chi connectivity index (χ3n) is 3.90. The summed E-state index contributed by atoms with van der Waals surface area (Å²) in [7, 11) is 0. The number of pyridine rings is 1. The molecule has 3 aromatic rings. The lowest BCUT2D eigenvalue weighted by molar-refractivity contribution is 0.104. The van der Waals surface area contributed by atoms with Crippen molar-refractivity contribution in [3.05, 3.63) is 77.1 Å². The zero-order chi connectivity index (χ0) is 18.8. The third-order valence-corrected chi connectivity index (χ3v) is 4.77. The summed E-state index contributed by atoms with van der Waals surface area (Å²) in [5, 5.41) is 11.8. The fourth-order valence-corrected chi connectivity index (χ4v) is 3.51. The van der Waals surface area contributed by atoms with Crippen molar-refractivity contribution in [3.63, 3.8) is 0 Å². The van der Waals surface area contributed by atoms with Gasteiger partial charge < -0.3 is 5.11 Å². The second-order valence-corrected chi connectivity index (χ2v) is 6.85. The Morgan fingerprint density at radius 2 is 1.81 bits per heavy atom. The largest absolute Gasteiger partial charge is 0.506 e. The van der Waals surface area contributed by atoms with Crippen LogP contribution >= 0.6 is 11.8 Å². The lowest BCUT2D eigenvalue weighted by Crippen LogP contribution is -2.00. The molecule has 0 radical (unpaired) electrons. The topological polar surface area (TPSA) is 88.3 Å². The zero-order valence-electron chi connectivity index (χ0n) is 14.3. The third kappa shape index (κ3) is 3.50. The molecule has 0 bridgehead atoms. The molecule has 1 aromatic carbocycles. The van der Waals surface area contributed by atoms with Crippen molar-refractivity contribution in [1.29, 1.82) is 0 Å². The minimum Gasteiger partial charge on any atom is -0.506 e. The summed E-state index contributed by atoms with van der Waals surface area (Å²) >= 11 is 1.40. The first-order chi connectivity index (χ1) is 13.1. The van der Waals surface area contributed by atoms with Gasteiger partial charge in [-0.15, -0.1) is 0 Å². The summed E-state index contributed by atoms with van der Waals surface area (Å²) in [5.74, 6) is -0.116. The van der Waals surface area contributed by atoms with E-state index >= 15 is 0 Å². The van der Waals surface area contributed by atoms with Crippen LogP contribution in [0, 0.1) is 6.92 Å². The molecule has 27 heavy (non-hydrogen) atoms. The number of Topliss-reactive ketones (excluding diaryl/α,β-unsaturated/α-hetero) is 1. The van der Waals surface area contributed by atoms with E-state index in [9.17, 15) is 9.90 Å². The van der Waals surface area contributed by atoms with Crippen LogP contribution in [0.2, 0.25) is 0 Å².